The molecule has 0 unspecified atom stereocenters. The Hall–Kier alpha value is -3.17. The predicted octanol–water partition coefficient (Wildman–Crippen LogP) is 5.37. The number of halogens is 2. The maximum atomic E-state index is 15.1. The zero-order valence-electron chi connectivity index (χ0n) is 14.7. The van der Waals surface area contributed by atoms with Gasteiger partial charge in [-0.2, -0.15) is 5.10 Å². The van der Waals surface area contributed by atoms with Crippen molar-refractivity contribution in [3.63, 3.8) is 0 Å². The molecule has 140 valence electrons. The van der Waals surface area contributed by atoms with Crippen molar-refractivity contribution in [2.75, 3.05) is 0 Å². The van der Waals surface area contributed by atoms with Gasteiger partial charge < -0.3 is 4.74 Å². The van der Waals surface area contributed by atoms with Crippen LogP contribution in [0.3, 0.4) is 0 Å². The van der Waals surface area contributed by atoms with Gasteiger partial charge in [0.05, 0.1) is 17.3 Å². The molecular weight excluding hydrogens is 381 g/mol. The molecular formula is C21H15ClFN3O2. The van der Waals surface area contributed by atoms with E-state index in [1.165, 1.54) is 12.1 Å². The van der Waals surface area contributed by atoms with E-state index in [4.69, 9.17) is 22.9 Å². The van der Waals surface area contributed by atoms with Crippen molar-refractivity contribution in [3.8, 4) is 11.5 Å². The van der Waals surface area contributed by atoms with E-state index in [0.717, 1.165) is 18.4 Å². The molecule has 0 saturated heterocycles. The molecule has 0 atom stereocenters. The highest BCUT2D eigenvalue weighted by Gasteiger charge is 2.25. The molecule has 1 saturated carbocycles. The van der Waals surface area contributed by atoms with Crippen molar-refractivity contribution in [2.45, 2.75) is 25.2 Å². The van der Waals surface area contributed by atoms with Crippen LogP contribution in [0.4, 0.5) is 10.1 Å². The number of nitrogens with one attached hydrogen (secondary N) is 1. The summed E-state index contributed by atoms with van der Waals surface area (Å²) in [6, 6.07) is 11.2. The maximum absolute atomic E-state index is 15.1. The first-order valence-corrected chi connectivity index (χ1v) is 9.13. The summed E-state index contributed by atoms with van der Waals surface area (Å²) in [5, 5.41) is 6.36. The predicted molar refractivity (Wildman–Crippen MR) is 104 cm³/mol. The molecule has 1 aromatic heterocycles. The second kappa shape index (κ2) is 7.45. The highest BCUT2D eigenvalue weighted by Crippen LogP contribution is 2.44. The standard InChI is InChI=1S/C21H15ClFN3O2/c1-24-16-9-14(12-2-3-12)10-17(11-16)28-21-18(22)6-4-13(20(21)23)8-15-5-7-19(27)26-25-15/h4-7,9-12H,2-3,8H2,(H,26,27). The first kappa shape index (κ1) is 18.2. The fraction of sp³-hybridized carbons (Fsp3) is 0.190. The Bertz CT molecular complexity index is 1130. The molecule has 0 aliphatic heterocycles. The Morgan fingerprint density at radius 3 is 2.75 bits per heavy atom. The quantitative estimate of drug-likeness (QED) is 0.590. The van der Waals surface area contributed by atoms with Crippen LogP contribution in [0.1, 0.15) is 35.6 Å². The molecule has 0 amide bonds. The molecule has 5 nitrogen and oxygen atoms in total. The Labute approximate surface area is 165 Å². The van der Waals surface area contributed by atoms with Crippen LogP contribution in [0.15, 0.2) is 47.3 Å². The van der Waals surface area contributed by atoms with Crippen molar-refractivity contribution < 1.29 is 9.13 Å². The zero-order valence-corrected chi connectivity index (χ0v) is 15.5. The van der Waals surface area contributed by atoms with Crippen LogP contribution < -0.4 is 10.3 Å². The zero-order chi connectivity index (χ0) is 19.7. The van der Waals surface area contributed by atoms with E-state index in [-0.39, 0.29) is 22.8 Å². The smallest absolute Gasteiger partial charge is 0.264 e. The minimum atomic E-state index is -0.596. The average Bonchev–Trinajstić information content (AvgIpc) is 3.54. The molecule has 7 heteroatoms. The number of hydrogen-bond acceptors (Lipinski definition) is 3. The number of benzene rings is 2. The third-order valence-corrected chi connectivity index (χ3v) is 4.85. The first-order valence-electron chi connectivity index (χ1n) is 8.75. The van der Waals surface area contributed by atoms with Crippen LogP contribution in [0.25, 0.3) is 4.85 Å². The number of ether oxygens (including phenoxy) is 1. The Balaban J connectivity index is 1.66. The second-order valence-corrected chi connectivity index (χ2v) is 7.09. The highest BCUT2D eigenvalue weighted by molar-refractivity contribution is 6.32. The van der Waals surface area contributed by atoms with E-state index < -0.39 is 5.82 Å². The van der Waals surface area contributed by atoms with E-state index in [2.05, 4.69) is 15.0 Å². The topological polar surface area (TPSA) is 59.3 Å². The lowest BCUT2D eigenvalue weighted by Crippen LogP contribution is -2.08. The molecule has 4 rings (SSSR count). The number of aromatic nitrogens is 2. The van der Waals surface area contributed by atoms with Crippen LogP contribution >= 0.6 is 11.6 Å². The Morgan fingerprint density at radius 2 is 2.07 bits per heavy atom. The number of H-pyrrole nitrogens is 1. The molecule has 1 N–H and O–H groups in total. The largest absolute Gasteiger partial charge is 0.454 e. The molecule has 0 spiro atoms. The van der Waals surface area contributed by atoms with E-state index in [0.29, 0.717) is 28.6 Å². The minimum absolute atomic E-state index is 0.0903. The summed E-state index contributed by atoms with van der Waals surface area (Å²) < 4.78 is 20.8. The normalized spacial score (nSPS) is 13.2. The lowest BCUT2D eigenvalue weighted by Gasteiger charge is -2.13. The molecule has 2 aromatic carbocycles. The lowest BCUT2D eigenvalue weighted by atomic mass is 10.1. The molecule has 3 aromatic rings. The molecule has 1 fully saturated rings. The summed E-state index contributed by atoms with van der Waals surface area (Å²) in [5.74, 6) is 0.131. The van der Waals surface area contributed by atoms with Crippen LogP contribution in [0, 0.1) is 12.4 Å². The van der Waals surface area contributed by atoms with Crippen LogP contribution in [-0.2, 0) is 6.42 Å². The summed E-state index contributed by atoms with van der Waals surface area (Å²) >= 11 is 6.17. The van der Waals surface area contributed by atoms with Gasteiger partial charge in [0.1, 0.15) is 5.75 Å². The van der Waals surface area contributed by atoms with Crippen molar-refractivity contribution in [1.82, 2.24) is 10.2 Å². The monoisotopic (exact) mass is 395 g/mol. The molecule has 0 bridgehead atoms. The highest BCUT2D eigenvalue weighted by atomic mass is 35.5. The van der Waals surface area contributed by atoms with Crippen molar-refractivity contribution in [3.05, 3.63) is 91.9 Å². The fourth-order valence-corrected chi connectivity index (χ4v) is 3.15. The average molecular weight is 396 g/mol. The molecule has 1 aliphatic carbocycles. The third-order valence-electron chi connectivity index (χ3n) is 4.55. The second-order valence-electron chi connectivity index (χ2n) is 6.69. The van der Waals surface area contributed by atoms with E-state index in [1.54, 1.807) is 18.2 Å². The van der Waals surface area contributed by atoms with Gasteiger partial charge in [0.15, 0.2) is 17.3 Å². The Morgan fingerprint density at radius 1 is 1.25 bits per heavy atom. The van der Waals surface area contributed by atoms with Gasteiger partial charge in [-0.05, 0) is 48.6 Å². The van der Waals surface area contributed by atoms with Gasteiger partial charge in [-0.25, -0.2) is 14.3 Å². The summed E-state index contributed by atoms with van der Waals surface area (Å²) in [7, 11) is 0. The summed E-state index contributed by atoms with van der Waals surface area (Å²) in [4.78, 5) is 14.6. The van der Waals surface area contributed by atoms with Gasteiger partial charge in [0.25, 0.3) is 5.56 Å². The van der Waals surface area contributed by atoms with Gasteiger partial charge >= 0.3 is 0 Å². The van der Waals surface area contributed by atoms with E-state index in [1.807, 2.05) is 12.1 Å². The van der Waals surface area contributed by atoms with Crippen molar-refractivity contribution in [1.29, 1.82) is 0 Å². The number of hydrogen-bond donors (Lipinski definition) is 1. The molecule has 28 heavy (non-hydrogen) atoms. The van der Waals surface area contributed by atoms with Gasteiger partial charge in [0, 0.05) is 12.5 Å². The van der Waals surface area contributed by atoms with Crippen molar-refractivity contribution in [2.24, 2.45) is 0 Å². The molecule has 1 aliphatic rings. The first-order chi connectivity index (χ1) is 13.5. The number of rotatable bonds is 5. The molecule has 0 radical (unpaired) electrons. The Kier molecular flexibility index (Phi) is 4.84. The lowest BCUT2D eigenvalue weighted by molar-refractivity contribution is 0.439. The van der Waals surface area contributed by atoms with Gasteiger partial charge in [0.2, 0.25) is 0 Å². The van der Waals surface area contributed by atoms with Gasteiger partial charge in [-0.3, -0.25) is 4.79 Å². The van der Waals surface area contributed by atoms with E-state index in [9.17, 15) is 4.79 Å². The summed E-state index contributed by atoms with van der Waals surface area (Å²) in [5.41, 5.74) is 1.99. The van der Waals surface area contributed by atoms with Crippen LogP contribution in [-0.4, -0.2) is 10.2 Å². The fourth-order valence-electron chi connectivity index (χ4n) is 2.97. The van der Waals surface area contributed by atoms with Crippen LogP contribution in [0.5, 0.6) is 11.5 Å². The summed E-state index contributed by atoms with van der Waals surface area (Å²) in [6.45, 7) is 7.27. The van der Waals surface area contributed by atoms with Crippen LogP contribution in [0.2, 0.25) is 5.02 Å². The SMILES string of the molecule is [C-]#[N+]c1cc(Oc2c(Cl)ccc(Cc3ccc(=O)[nH]n3)c2F)cc(C2CC2)c1. The number of nitrogens with zero attached hydrogens (tertiary/aromatic N) is 2. The summed E-state index contributed by atoms with van der Waals surface area (Å²) in [6.07, 6.45) is 2.33. The van der Waals surface area contributed by atoms with Crippen molar-refractivity contribution >= 4 is 17.3 Å². The van der Waals surface area contributed by atoms with Gasteiger partial charge in [-0.1, -0.05) is 29.3 Å². The number of aromatic amines is 1. The molecule has 1 heterocycles. The maximum Gasteiger partial charge on any atom is 0.264 e. The minimum Gasteiger partial charge on any atom is -0.454 e. The third kappa shape index (κ3) is 3.90. The van der Waals surface area contributed by atoms with Gasteiger partial charge in [-0.15, -0.1) is 0 Å². The van der Waals surface area contributed by atoms with E-state index >= 15 is 4.39 Å².